The van der Waals surface area contributed by atoms with Crippen LogP contribution >= 0.6 is 11.8 Å². The van der Waals surface area contributed by atoms with Crippen LogP contribution in [0.4, 0.5) is 10.5 Å². The average Bonchev–Trinajstić information content (AvgIpc) is 2.36. The number of fused-ring (bicyclic) bond motifs is 1. The van der Waals surface area contributed by atoms with Crippen LogP contribution in [0.3, 0.4) is 0 Å². The fraction of sp³-hybridized carbons (Fsp3) is 0.467. The molecular weight excluding hydrogens is 286 g/mol. The zero-order valence-corrected chi connectivity index (χ0v) is 13.6. The fourth-order valence-corrected chi connectivity index (χ4v) is 2.86. The third kappa shape index (κ3) is 4.39. The van der Waals surface area contributed by atoms with Gasteiger partial charge in [-0.05, 0) is 45.4 Å². The van der Waals surface area contributed by atoms with Crippen molar-refractivity contribution in [3.8, 4) is 0 Å². The number of urea groups is 1. The highest BCUT2D eigenvalue weighted by atomic mass is 32.2. The number of thioether (sulfide) groups is 1. The van der Waals surface area contributed by atoms with E-state index < -0.39 is 0 Å². The van der Waals surface area contributed by atoms with E-state index in [-0.39, 0.29) is 22.7 Å². The molecule has 5 nitrogen and oxygen atoms in total. The Kier molecular flexibility index (Phi) is 4.46. The Hall–Kier alpha value is -1.69. The first-order valence-corrected chi connectivity index (χ1v) is 7.79. The standard InChI is InChI=1S/C15H21N3O2S/c1-9-13(19)17-11-7-10(5-6-12(11)21-9)8-16-14(20)18-15(2,3)4/h5-7,9H,8H2,1-4H3,(H,17,19)(H2,16,18,20). The van der Waals surface area contributed by atoms with E-state index in [1.807, 2.05) is 45.9 Å². The van der Waals surface area contributed by atoms with Crippen LogP contribution in [0.1, 0.15) is 33.3 Å². The molecule has 1 atom stereocenters. The minimum absolute atomic E-state index is 0.0167. The second-order valence-corrected chi connectivity index (χ2v) is 7.52. The molecule has 2 rings (SSSR count). The van der Waals surface area contributed by atoms with Gasteiger partial charge in [-0.25, -0.2) is 4.79 Å². The van der Waals surface area contributed by atoms with Gasteiger partial charge in [-0.1, -0.05) is 6.07 Å². The summed E-state index contributed by atoms with van der Waals surface area (Å²) in [6, 6.07) is 5.65. The lowest BCUT2D eigenvalue weighted by Gasteiger charge is -2.22. The second kappa shape index (κ2) is 5.97. The number of carbonyl (C=O) groups excluding carboxylic acids is 2. The van der Waals surface area contributed by atoms with Gasteiger partial charge in [0, 0.05) is 17.0 Å². The molecule has 0 fully saturated rings. The summed E-state index contributed by atoms with van der Waals surface area (Å²) in [7, 11) is 0. The van der Waals surface area contributed by atoms with Crippen molar-refractivity contribution in [3.05, 3.63) is 23.8 Å². The maximum Gasteiger partial charge on any atom is 0.315 e. The number of anilines is 1. The lowest BCUT2D eigenvalue weighted by atomic mass is 10.1. The van der Waals surface area contributed by atoms with E-state index in [1.165, 1.54) is 0 Å². The molecule has 1 aromatic rings. The summed E-state index contributed by atoms with van der Waals surface area (Å²) in [5.74, 6) is 0.0167. The molecule has 0 saturated carbocycles. The third-order valence-corrected chi connectivity index (χ3v) is 4.09. The number of hydrogen-bond acceptors (Lipinski definition) is 3. The fourth-order valence-electron chi connectivity index (χ4n) is 1.93. The predicted octanol–water partition coefficient (Wildman–Crippen LogP) is 2.72. The number of amides is 3. The smallest absolute Gasteiger partial charge is 0.315 e. The molecule has 3 N–H and O–H groups in total. The van der Waals surface area contributed by atoms with Crippen molar-refractivity contribution in [3.63, 3.8) is 0 Å². The molecule has 21 heavy (non-hydrogen) atoms. The first-order chi connectivity index (χ1) is 9.74. The minimum Gasteiger partial charge on any atom is -0.334 e. The zero-order chi connectivity index (χ0) is 15.6. The quantitative estimate of drug-likeness (QED) is 0.787. The lowest BCUT2D eigenvalue weighted by molar-refractivity contribution is -0.115. The van der Waals surface area contributed by atoms with Crippen LogP contribution in [0.2, 0.25) is 0 Å². The number of hydrogen-bond donors (Lipinski definition) is 3. The van der Waals surface area contributed by atoms with Crippen LogP contribution in [-0.2, 0) is 11.3 Å². The average molecular weight is 307 g/mol. The minimum atomic E-state index is -0.263. The van der Waals surface area contributed by atoms with Gasteiger partial charge in [0.25, 0.3) is 0 Å². The predicted molar refractivity (Wildman–Crippen MR) is 85.5 cm³/mol. The molecular formula is C15H21N3O2S. The monoisotopic (exact) mass is 307 g/mol. The van der Waals surface area contributed by atoms with Crippen LogP contribution in [-0.4, -0.2) is 22.7 Å². The summed E-state index contributed by atoms with van der Waals surface area (Å²) in [5, 5.41) is 8.47. The lowest BCUT2D eigenvalue weighted by Crippen LogP contribution is -2.46. The molecule has 0 spiro atoms. The van der Waals surface area contributed by atoms with Gasteiger partial charge in [0.2, 0.25) is 5.91 Å². The van der Waals surface area contributed by atoms with Crippen molar-refractivity contribution < 1.29 is 9.59 Å². The van der Waals surface area contributed by atoms with Crippen LogP contribution < -0.4 is 16.0 Å². The molecule has 1 aliphatic rings. The molecule has 0 radical (unpaired) electrons. The van der Waals surface area contributed by atoms with Crippen LogP contribution in [0.5, 0.6) is 0 Å². The Morgan fingerprint density at radius 2 is 2.10 bits per heavy atom. The van der Waals surface area contributed by atoms with E-state index in [0.29, 0.717) is 6.54 Å². The van der Waals surface area contributed by atoms with E-state index in [0.717, 1.165) is 16.1 Å². The van der Waals surface area contributed by atoms with Gasteiger partial charge < -0.3 is 16.0 Å². The molecule has 6 heteroatoms. The van der Waals surface area contributed by atoms with Crippen molar-refractivity contribution >= 4 is 29.4 Å². The Morgan fingerprint density at radius 3 is 2.76 bits per heavy atom. The van der Waals surface area contributed by atoms with E-state index in [9.17, 15) is 9.59 Å². The molecule has 1 aromatic carbocycles. The molecule has 1 unspecified atom stereocenters. The highest BCUT2D eigenvalue weighted by molar-refractivity contribution is 8.00. The summed E-state index contributed by atoms with van der Waals surface area (Å²) >= 11 is 1.55. The van der Waals surface area contributed by atoms with Gasteiger partial charge in [-0.3, -0.25) is 4.79 Å². The molecule has 0 bridgehead atoms. The van der Waals surface area contributed by atoms with E-state index >= 15 is 0 Å². The Morgan fingerprint density at radius 1 is 1.38 bits per heavy atom. The van der Waals surface area contributed by atoms with Gasteiger partial charge in [-0.15, -0.1) is 11.8 Å². The van der Waals surface area contributed by atoms with Crippen molar-refractivity contribution in [1.82, 2.24) is 10.6 Å². The topological polar surface area (TPSA) is 70.2 Å². The Balaban J connectivity index is 1.98. The number of carbonyl (C=O) groups is 2. The van der Waals surface area contributed by atoms with Crippen LogP contribution in [0.25, 0.3) is 0 Å². The number of benzene rings is 1. The van der Waals surface area contributed by atoms with Crippen LogP contribution in [0, 0.1) is 0 Å². The van der Waals surface area contributed by atoms with Crippen LogP contribution in [0.15, 0.2) is 23.1 Å². The molecule has 0 aliphatic carbocycles. The SMILES string of the molecule is CC1Sc2ccc(CNC(=O)NC(C)(C)C)cc2NC1=O. The van der Waals surface area contributed by atoms with Crippen molar-refractivity contribution in [2.75, 3.05) is 5.32 Å². The first-order valence-electron chi connectivity index (χ1n) is 6.91. The van der Waals surface area contributed by atoms with Gasteiger partial charge in [0.1, 0.15) is 0 Å². The van der Waals surface area contributed by atoms with E-state index in [1.54, 1.807) is 11.8 Å². The highest BCUT2D eigenvalue weighted by Gasteiger charge is 2.23. The van der Waals surface area contributed by atoms with Crippen molar-refractivity contribution in [2.45, 2.75) is 49.9 Å². The van der Waals surface area contributed by atoms with Gasteiger partial charge in [0.05, 0.1) is 10.9 Å². The van der Waals surface area contributed by atoms with Gasteiger partial charge in [-0.2, -0.15) is 0 Å². The maximum absolute atomic E-state index is 11.7. The molecule has 1 heterocycles. The van der Waals surface area contributed by atoms with Gasteiger partial charge >= 0.3 is 6.03 Å². The summed E-state index contributed by atoms with van der Waals surface area (Å²) < 4.78 is 0. The molecule has 114 valence electrons. The molecule has 3 amide bonds. The van der Waals surface area contributed by atoms with Crippen molar-refractivity contribution in [2.24, 2.45) is 0 Å². The largest absolute Gasteiger partial charge is 0.334 e. The first kappa shape index (κ1) is 15.7. The summed E-state index contributed by atoms with van der Waals surface area (Å²) in [6.45, 7) is 8.10. The van der Waals surface area contributed by atoms with Gasteiger partial charge in [0.15, 0.2) is 0 Å². The molecule has 1 aliphatic heterocycles. The summed E-state index contributed by atoms with van der Waals surface area (Å²) in [6.07, 6.45) is 0. The second-order valence-electron chi connectivity index (χ2n) is 6.14. The summed E-state index contributed by atoms with van der Waals surface area (Å²) in [5.41, 5.74) is 1.51. The molecule has 0 saturated heterocycles. The van der Waals surface area contributed by atoms with E-state index in [4.69, 9.17) is 0 Å². The Labute approximate surface area is 129 Å². The molecule has 0 aromatic heterocycles. The normalized spacial score (nSPS) is 17.7. The zero-order valence-electron chi connectivity index (χ0n) is 12.7. The number of rotatable bonds is 2. The summed E-state index contributed by atoms with van der Waals surface area (Å²) in [4.78, 5) is 24.5. The maximum atomic E-state index is 11.7. The third-order valence-electron chi connectivity index (χ3n) is 2.92. The number of nitrogens with one attached hydrogen (secondary N) is 3. The highest BCUT2D eigenvalue weighted by Crippen LogP contribution is 2.35. The van der Waals surface area contributed by atoms with Crippen molar-refractivity contribution in [1.29, 1.82) is 0 Å². The van der Waals surface area contributed by atoms with E-state index in [2.05, 4.69) is 16.0 Å². The Bertz CT molecular complexity index is 567.